The number of likely N-dealkylation sites (tertiary alicyclic amines) is 1. The fraction of sp³-hybridized carbons (Fsp3) is 0.533. The number of hydrogen-bond donors (Lipinski definition) is 2. The highest BCUT2D eigenvalue weighted by molar-refractivity contribution is 7.80. The zero-order valence-electron chi connectivity index (χ0n) is 12.4. The number of nitrogens with two attached hydrogens (primary N) is 1. The predicted octanol–water partition coefficient (Wildman–Crippen LogP) is 0.957. The van der Waals surface area contributed by atoms with E-state index in [1.165, 1.54) is 6.07 Å². The summed E-state index contributed by atoms with van der Waals surface area (Å²) in [4.78, 5) is 4.41. The van der Waals surface area contributed by atoms with Gasteiger partial charge < -0.3 is 15.7 Å². The topological polar surface area (TPSA) is 52.7 Å². The number of rotatable bonds is 5. The Morgan fingerprint density at radius 1 is 1.52 bits per heavy atom. The third-order valence-electron chi connectivity index (χ3n) is 3.79. The molecule has 0 bridgehead atoms. The van der Waals surface area contributed by atoms with Crippen LogP contribution in [0.2, 0.25) is 0 Å². The molecular weight excluding hydrogens is 289 g/mol. The molecule has 4 nitrogen and oxygen atoms in total. The second-order valence-corrected chi connectivity index (χ2v) is 6.35. The average molecular weight is 311 g/mol. The van der Waals surface area contributed by atoms with Crippen LogP contribution in [0.4, 0.5) is 4.39 Å². The highest BCUT2D eigenvalue weighted by atomic mass is 32.1. The van der Waals surface area contributed by atoms with Crippen LogP contribution in [-0.4, -0.2) is 59.2 Å². The Hall–Kier alpha value is -1.08. The second-order valence-electron chi connectivity index (χ2n) is 5.91. The van der Waals surface area contributed by atoms with Crippen molar-refractivity contribution in [3.05, 3.63) is 35.1 Å². The molecule has 1 aromatic carbocycles. The first-order valence-corrected chi connectivity index (χ1v) is 7.42. The molecule has 1 aromatic rings. The van der Waals surface area contributed by atoms with E-state index in [0.29, 0.717) is 24.2 Å². The Labute approximate surface area is 130 Å². The predicted molar refractivity (Wildman–Crippen MR) is 85.7 cm³/mol. The molecule has 116 valence electrons. The van der Waals surface area contributed by atoms with Crippen LogP contribution >= 0.6 is 12.2 Å². The number of β-amino-alcohol motifs (C(OH)–C–C–N with tert-alkyl or cyclic N) is 1. The number of hydrogen-bond acceptors (Lipinski definition) is 4. The van der Waals surface area contributed by atoms with Crippen LogP contribution in [0, 0.1) is 5.82 Å². The largest absolute Gasteiger partial charge is 0.392 e. The summed E-state index contributed by atoms with van der Waals surface area (Å²) in [5, 5.41) is 9.86. The fourth-order valence-corrected chi connectivity index (χ4v) is 2.94. The van der Waals surface area contributed by atoms with E-state index in [1.54, 1.807) is 12.1 Å². The van der Waals surface area contributed by atoms with E-state index in [0.717, 1.165) is 13.0 Å². The molecular formula is C15H22FN3OS. The number of thiocarbonyl (C=S) groups is 1. The SMILES string of the molecule is CN(C)CC1CC(O)CN1Cc1ccc(C(N)=S)cc1F. The minimum atomic E-state index is -0.339. The van der Waals surface area contributed by atoms with Gasteiger partial charge in [-0.25, -0.2) is 4.39 Å². The van der Waals surface area contributed by atoms with E-state index in [4.69, 9.17) is 18.0 Å². The molecule has 1 saturated heterocycles. The Bertz CT molecular complexity index is 524. The van der Waals surface area contributed by atoms with Gasteiger partial charge in [0.2, 0.25) is 0 Å². The first-order chi connectivity index (χ1) is 9.86. The average Bonchev–Trinajstić information content (AvgIpc) is 2.70. The molecule has 1 fully saturated rings. The highest BCUT2D eigenvalue weighted by Crippen LogP contribution is 2.22. The van der Waals surface area contributed by atoms with Gasteiger partial charge in [0.1, 0.15) is 10.8 Å². The second kappa shape index (κ2) is 6.79. The van der Waals surface area contributed by atoms with Crippen molar-refractivity contribution < 1.29 is 9.50 Å². The van der Waals surface area contributed by atoms with Gasteiger partial charge in [-0.15, -0.1) is 0 Å². The standard InChI is InChI=1S/C15H22FN3OS/c1-18(2)8-12-6-13(20)9-19(12)7-11-4-3-10(15(17)21)5-14(11)16/h3-5,12-13,20H,6-9H2,1-2H3,(H2,17,21). The van der Waals surface area contributed by atoms with Crippen LogP contribution in [0.3, 0.4) is 0 Å². The van der Waals surface area contributed by atoms with Crippen molar-refractivity contribution in [2.45, 2.75) is 25.1 Å². The molecule has 21 heavy (non-hydrogen) atoms. The maximum atomic E-state index is 14.1. The molecule has 6 heteroatoms. The molecule has 0 spiro atoms. The van der Waals surface area contributed by atoms with E-state index < -0.39 is 0 Å². The van der Waals surface area contributed by atoms with Crippen LogP contribution in [-0.2, 0) is 6.54 Å². The van der Waals surface area contributed by atoms with Gasteiger partial charge in [0.15, 0.2) is 0 Å². The maximum Gasteiger partial charge on any atom is 0.128 e. The number of aliphatic hydroxyl groups is 1. The molecule has 1 aliphatic heterocycles. The Balaban J connectivity index is 2.11. The van der Waals surface area contributed by atoms with Crippen LogP contribution in [0.25, 0.3) is 0 Å². The summed E-state index contributed by atoms with van der Waals surface area (Å²) in [5.74, 6) is -0.301. The lowest BCUT2D eigenvalue weighted by atomic mass is 10.1. The molecule has 0 radical (unpaired) electrons. The van der Waals surface area contributed by atoms with Crippen molar-refractivity contribution in [1.82, 2.24) is 9.80 Å². The molecule has 0 aliphatic carbocycles. The summed E-state index contributed by atoms with van der Waals surface area (Å²) in [6, 6.07) is 5.09. The molecule has 1 aliphatic rings. The van der Waals surface area contributed by atoms with Crippen molar-refractivity contribution in [3.63, 3.8) is 0 Å². The molecule has 2 rings (SSSR count). The fourth-order valence-electron chi connectivity index (χ4n) is 2.81. The molecule has 0 saturated carbocycles. The third-order valence-corrected chi connectivity index (χ3v) is 4.03. The van der Waals surface area contributed by atoms with E-state index in [9.17, 15) is 9.50 Å². The number of halogens is 1. The van der Waals surface area contributed by atoms with E-state index in [2.05, 4.69) is 9.80 Å². The molecule has 1 heterocycles. The lowest BCUT2D eigenvalue weighted by Crippen LogP contribution is -2.37. The van der Waals surface area contributed by atoms with Crippen LogP contribution in [0.1, 0.15) is 17.5 Å². The van der Waals surface area contributed by atoms with E-state index in [1.807, 2.05) is 14.1 Å². The summed E-state index contributed by atoms with van der Waals surface area (Å²) in [6.07, 6.45) is 0.388. The molecule has 0 aromatic heterocycles. The zero-order chi connectivity index (χ0) is 15.6. The van der Waals surface area contributed by atoms with Gasteiger partial charge in [-0.05, 0) is 26.6 Å². The smallest absolute Gasteiger partial charge is 0.128 e. The first kappa shape index (κ1) is 16.3. The summed E-state index contributed by atoms with van der Waals surface area (Å²) < 4.78 is 14.1. The minimum absolute atomic E-state index is 0.197. The van der Waals surface area contributed by atoms with Crippen molar-refractivity contribution in [3.8, 4) is 0 Å². The van der Waals surface area contributed by atoms with E-state index in [-0.39, 0.29) is 23.0 Å². The highest BCUT2D eigenvalue weighted by Gasteiger charge is 2.31. The first-order valence-electron chi connectivity index (χ1n) is 7.02. The van der Waals surface area contributed by atoms with Gasteiger partial charge in [-0.3, -0.25) is 4.90 Å². The monoisotopic (exact) mass is 311 g/mol. The van der Waals surface area contributed by atoms with Crippen LogP contribution in [0.5, 0.6) is 0 Å². The lowest BCUT2D eigenvalue weighted by molar-refractivity contribution is 0.168. The summed E-state index contributed by atoms with van der Waals surface area (Å²) >= 11 is 4.85. The summed E-state index contributed by atoms with van der Waals surface area (Å²) in [7, 11) is 4.00. The van der Waals surface area contributed by atoms with E-state index >= 15 is 0 Å². The van der Waals surface area contributed by atoms with Gasteiger partial charge in [0, 0.05) is 36.8 Å². The Morgan fingerprint density at radius 3 is 2.81 bits per heavy atom. The Kier molecular flexibility index (Phi) is 5.27. The number of aliphatic hydroxyl groups excluding tert-OH is 1. The van der Waals surface area contributed by atoms with Crippen molar-refractivity contribution in [2.24, 2.45) is 5.73 Å². The zero-order valence-corrected chi connectivity index (χ0v) is 13.2. The number of nitrogens with zero attached hydrogens (tertiary/aromatic N) is 2. The van der Waals surface area contributed by atoms with Gasteiger partial charge in [0.05, 0.1) is 6.10 Å². The molecule has 0 amide bonds. The molecule has 2 unspecified atom stereocenters. The quantitative estimate of drug-likeness (QED) is 0.793. The van der Waals surface area contributed by atoms with Crippen molar-refractivity contribution >= 4 is 17.2 Å². The van der Waals surface area contributed by atoms with Gasteiger partial charge in [0.25, 0.3) is 0 Å². The summed E-state index contributed by atoms with van der Waals surface area (Å²) in [6.45, 7) is 1.91. The number of benzene rings is 1. The van der Waals surface area contributed by atoms with Crippen LogP contribution in [0.15, 0.2) is 18.2 Å². The van der Waals surface area contributed by atoms with Crippen molar-refractivity contribution in [2.75, 3.05) is 27.2 Å². The normalized spacial score (nSPS) is 22.9. The maximum absolute atomic E-state index is 14.1. The third kappa shape index (κ3) is 4.20. The number of likely N-dealkylation sites (N-methyl/N-ethyl adjacent to an activating group) is 1. The summed E-state index contributed by atoms with van der Waals surface area (Å²) in [5.41, 5.74) is 6.65. The Morgan fingerprint density at radius 2 is 2.24 bits per heavy atom. The molecule has 3 N–H and O–H groups in total. The van der Waals surface area contributed by atoms with Crippen LogP contribution < -0.4 is 5.73 Å². The van der Waals surface area contributed by atoms with Gasteiger partial charge in [-0.2, -0.15) is 0 Å². The minimum Gasteiger partial charge on any atom is -0.392 e. The van der Waals surface area contributed by atoms with Crippen molar-refractivity contribution in [1.29, 1.82) is 0 Å². The van der Waals surface area contributed by atoms with Gasteiger partial charge in [-0.1, -0.05) is 24.4 Å². The molecule has 2 atom stereocenters. The lowest BCUT2D eigenvalue weighted by Gasteiger charge is -2.26. The van der Waals surface area contributed by atoms with Gasteiger partial charge >= 0.3 is 0 Å².